The van der Waals surface area contributed by atoms with Crippen molar-refractivity contribution in [2.75, 3.05) is 6.61 Å². The first-order valence-electron chi connectivity index (χ1n) is 6.85. The summed E-state index contributed by atoms with van der Waals surface area (Å²) in [6.07, 6.45) is 5.67. The number of aliphatic hydroxyl groups excluding tert-OH is 1. The van der Waals surface area contributed by atoms with E-state index in [-0.39, 0.29) is 6.61 Å². The van der Waals surface area contributed by atoms with Gasteiger partial charge in [-0.1, -0.05) is 12.5 Å². The van der Waals surface area contributed by atoms with Crippen LogP contribution < -0.4 is 0 Å². The maximum atomic E-state index is 8.88. The Morgan fingerprint density at radius 3 is 2.89 bits per heavy atom. The van der Waals surface area contributed by atoms with E-state index in [0.29, 0.717) is 5.92 Å². The number of nitrogens with zero attached hydrogens (tertiary/aromatic N) is 2. The van der Waals surface area contributed by atoms with Gasteiger partial charge in [-0.15, -0.1) is 0 Å². The van der Waals surface area contributed by atoms with Gasteiger partial charge < -0.3 is 9.67 Å². The normalized spacial score (nSPS) is 16.1. The molecule has 0 bridgehead atoms. The van der Waals surface area contributed by atoms with Gasteiger partial charge in [0, 0.05) is 19.6 Å². The molecule has 0 atom stereocenters. The molecule has 18 heavy (non-hydrogen) atoms. The van der Waals surface area contributed by atoms with Crippen molar-refractivity contribution in [2.45, 2.75) is 38.0 Å². The molecule has 1 saturated carbocycles. The van der Waals surface area contributed by atoms with E-state index in [2.05, 4.69) is 29.8 Å². The molecule has 3 heteroatoms. The number of benzene rings is 1. The Morgan fingerprint density at radius 1 is 1.39 bits per heavy atom. The Kier molecular flexibility index (Phi) is 3.08. The quantitative estimate of drug-likeness (QED) is 0.898. The monoisotopic (exact) mass is 244 g/mol. The van der Waals surface area contributed by atoms with Crippen molar-refractivity contribution in [1.29, 1.82) is 0 Å². The summed E-state index contributed by atoms with van der Waals surface area (Å²) in [5.74, 6) is 1.92. The predicted octanol–water partition coefficient (Wildman–Crippen LogP) is 2.77. The lowest BCUT2D eigenvalue weighted by Gasteiger charge is -2.24. The van der Waals surface area contributed by atoms with Crippen molar-refractivity contribution in [3.63, 3.8) is 0 Å². The van der Waals surface area contributed by atoms with Crippen molar-refractivity contribution >= 4 is 11.0 Å². The Hall–Kier alpha value is -1.35. The van der Waals surface area contributed by atoms with Crippen molar-refractivity contribution in [3.8, 4) is 0 Å². The molecule has 96 valence electrons. The minimum absolute atomic E-state index is 0.258. The molecule has 1 N–H and O–H groups in total. The summed E-state index contributed by atoms with van der Waals surface area (Å²) in [7, 11) is 2.12. The van der Waals surface area contributed by atoms with Crippen molar-refractivity contribution in [1.82, 2.24) is 9.55 Å². The third-order valence-electron chi connectivity index (χ3n) is 4.07. The number of aliphatic hydroxyl groups is 1. The molecule has 3 rings (SSSR count). The minimum Gasteiger partial charge on any atom is -0.396 e. The number of fused-ring (bicyclic) bond motifs is 1. The van der Waals surface area contributed by atoms with E-state index in [1.54, 1.807) is 0 Å². The average molecular weight is 244 g/mol. The molecule has 0 radical (unpaired) electrons. The number of imidazole rings is 1. The largest absolute Gasteiger partial charge is 0.396 e. The first-order chi connectivity index (χ1) is 8.79. The minimum atomic E-state index is 0.258. The second-order valence-corrected chi connectivity index (χ2v) is 5.31. The lowest BCUT2D eigenvalue weighted by atomic mass is 9.85. The van der Waals surface area contributed by atoms with Crippen LogP contribution in [0.15, 0.2) is 18.2 Å². The molecule has 1 aromatic carbocycles. The first kappa shape index (κ1) is 11.7. The van der Waals surface area contributed by atoms with Crippen LogP contribution in [-0.2, 0) is 13.5 Å². The van der Waals surface area contributed by atoms with Gasteiger partial charge in [0.1, 0.15) is 5.82 Å². The first-order valence-corrected chi connectivity index (χ1v) is 6.85. The summed E-state index contributed by atoms with van der Waals surface area (Å²) >= 11 is 0. The number of aryl methyl sites for hydroxylation is 2. The van der Waals surface area contributed by atoms with Gasteiger partial charge in [0.25, 0.3) is 0 Å². The van der Waals surface area contributed by atoms with Crippen LogP contribution in [0.25, 0.3) is 11.0 Å². The summed E-state index contributed by atoms with van der Waals surface area (Å²) in [5.41, 5.74) is 3.61. The van der Waals surface area contributed by atoms with E-state index in [4.69, 9.17) is 10.1 Å². The number of hydrogen-bond donors (Lipinski definition) is 1. The molecule has 1 heterocycles. The van der Waals surface area contributed by atoms with Crippen LogP contribution in [-0.4, -0.2) is 21.3 Å². The van der Waals surface area contributed by atoms with Gasteiger partial charge in [-0.2, -0.15) is 0 Å². The van der Waals surface area contributed by atoms with Crippen molar-refractivity contribution in [2.24, 2.45) is 7.05 Å². The van der Waals surface area contributed by atoms with Crippen molar-refractivity contribution in [3.05, 3.63) is 29.6 Å². The van der Waals surface area contributed by atoms with Gasteiger partial charge in [-0.25, -0.2) is 4.98 Å². The molecular formula is C15H20N2O. The standard InChI is InChI=1S/C15H20N2O/c1-17-14-8-7-11(4-3-9-18)10-13(14)16-15(17)12-5-2-6-12/h7-8,10,12,18H,2-6,9H2,1H3. The predicted molar refractivity (Wildman–Crippen MR) is 72.7 cm³/mol. The molecule has 3 nitrogen and oxygen atoms in total. The maximum Gasteiger partial charge on any atom is 0.112 e. The summed E-state index contributed by atoms with van der Waals surface area (Å²) in [6.45, 7) is 0.258. The van der Waals surface area contributed by atoms with Gasteiger partial charge in [-0.3, -0.25) is 0 Å². The average Bonchev–Trinajstić information content (AvgIpc) is 2.62. The maximum absolute atomic E-state index is 8.88. The molecule has 0 aliphatic heterocycles. The van der Waals surface area contributed by atoms with E-state index in [1.807, 2.05) is 0 Å². The van der Waals surface area contributed by atoms with E-state index < -0.39 is 0 Å². The van der Waals surface area contributed by atoms with Gasteiger partial charge in [0.2, 0.25) is 0 Å². The van der Waals surface area contributed by atoms with E-state index >= 15 is 0 Å². The Labute approximate surface area is 107 Å². The molecule has 1 aliphatic carbocycles. The summed E-state index contributed by atoms with van der Waals surface area (Å²) in [4.78, 5) is 4.80. The molecule has 0 spiro atoms. The molecular weight excluding hydrogens is 224 g/mol. The Balaban J connectivity index is 1.95. The second kappa shape index (κ2) is 4.73. The van der Waals surface area contributed by atoms with Crippen LogP contribution in [0, 0.1) is 0 Å². The molecule has 1 aliphatic rings. The fourth-order valence-corrected chi connectivity index (χ4v) is 2.73. The highest BCUT2D eigenvalue weighted by atomic mass is 16.2. The third-order valence-corrected chi connectivity index (χ3v) is 4.07. The highest BCUT2D eigenvalue weighted by Crippen LogP contribution is 2.36. The smallest absolute Gasteiger partial charge is 0.112 e. The van der Waals surface area contributed by atoms with E-state index in [9.17, 15) is 0 Å². The van der Waals surface area contributed by atoms with E-state index in [0.717, 1.165) is 18.4 Å². The van der Waals surface area contributed by atoms with Gasteiger partial charge >= 0.3 is 0 Å². The summed E-state index contributed by atoms with van der Waals surface area (Å²) < 4.78 is 2.25. The highest BCUT2D eigenvalue weighted by molar-refractivity contribution is 5.77. The van der Waals surface area contributed by atoms with Gasteiger partial charge in [0.05, 0.1) is 11.0 Å². The van der Waals surface area contributed by atoms with Crippen LogP contribution in [0.4, 0.5) is 0 Å². The van der Waals surface area contributed by atoms with Crippen LogP contribution in [0.3, 0.4) is 0 Å². The number of hydrogen-bond acceptors (Lipinski definition) is 2. The second-order valence-electron chi connectivity index (χ2n) is 5.31. The summed E-state index contributed by atoms with van der Waals surface area (Å²) in [6, 6.07) is 6.49. The van der Waals surface area contributed by atoms with Crippen LogP contribution in [0.2, 0.25) is 0 Å². The van der Waals surface area contributed by atoms with Crippen molar-refractivity contribution < 1.29 is 5.11 Å². The third kappa shape index (κ3) is 1.93. The zero-order valence-electron chi connectivity index (χ0n) is 10.9. The highest BCUT2D eigenvalue weighted by Gasteiger charge is 2.24. The molecule has 0 unspecified atom stereocenters. The molecule has 1 aromatic heterocycles. The van der Waals surface area contributed by atoms with Gasteiger partial charge in [-0.05, 0) is 43.4 Å². The fraction of sp³-hybridized carbons (Fsp3) is 0.533. The Morgan fingerprint density at radius 2 is 2.22 bits per heavy atom. The zero-order valence-corrected chi connectivity index (χ0v) is 10.9. The van der Waals surface area contributed by atoms with Crippen LogP contribution >= 0.6 is 0 Å². The fourth-order valence-electron chi connectivity index (χ4n) is 2.73. The molecule has 2 aromatic rings. The van der Waals surface area contributed by atoms with Gasteiger partial charge in [0.15, 0.2) is 0 Å². The molecule has 0 saturated heterocycles. The lowest BCUT2D eigenvalue weighted by Crippen LogP contribution is -2.13. The lowest BCUT2D eigenvalue weighted by molar-refractivity contribution is 0.288. The zero-order chi connectivity index (χ0) is 12.5. The Bertz CT molecular complexity index is 555. The molecule has 1 fully saturated rings. The van der Waals surface area contributed by atoms with Crippen LogP contribution in [0.1, 0.15) is 43.0 Å². The summed E-state index contributed by atoms with van der Waals surface area (Å²) in [5, 5.41) is 8.88. The SMILES string of the molecule is Cn1c(C2CCC2)nc2cc(CCCO)ccc21. The number of aromatic nitrogens is 2. The van der Waals surface area contributed by atoms with E-state index in [1.165, 1.54) is 36.2 Å². The molecule has 0 amide bonds. The topological polar surface area (TPSA) is 38.0 Å². The number of rotatable bonds is 4. The van der Waals surface area contributed by atoms with Crippen LogP contribution in [0.5, 0.6) is 0 Å².